The predicted molar refractivity (Wildman–Crippen MR) is 91.5 cm³/mol. The quantitative estimate of drug-likeness (QED) is 0.917. The lowest BCUT2D eigenvalue weighted by Crippen LogP contribution is -2.37. The zero-order valence-corrected chi connectivity index (χ0v) is 14.2. The first-order chi connectivity index (χ1) is 11.3. The summed E-state index contributed by atoms with van der Waals surface area (Å²) >= 11 is 0. The van der Waals surface area contributed by atoms with Gasteiger partial charge in [-0.25, -0.2) is 4.98 Å². The number of hydrogen-bond acceptors (Lipinski definition) is 4. The molecule has 1 amide bonds. The Morgan fingerprint density at radius 3 is 2.79 bits per heavy atom. The van der Waals surface area contributed by atoms with Gasteiger partial charge in [-0.1, -0.05) is 26.8 Å². The van der Waals surface area contributed by atoms with Gasteiger partial charge in [-0.3, -0.25) is 14.6 Å². The van der Waals surface area contributed by atoms with Crippen LogP contribution in [0.3, 0.4) is 0 Å². The lowest BCUT2D eigenvalue weighted by Gasteiger charge is -2.25. The number of nitrogens with one attached hydrogen (secondary N) is 1. The number of carbonyl (C=O) groups is 1. The van der Waals surface area contributed by atoms with Crippen LogP contribution in [-0.2, 0) is 4.79 Å². The largest absolute Gasteiger partial charge is 0.342 e. The highest BCUT2D eigenvalue weighted by Gasteiger charge is 2.34. The first-order valence-corrected chi connectivity index (χ1v) is 8.16. The normalized spacial score (nSPS) is 18.0. The lowest BCUT2D eigenvalue weighted by atomic mass is 9.95. The number of nitrogens with zero attached hydrogens (tertiary/aromatic N) is 3. The second kappa shape index (κ2) is 6.19. The van der Waals surface area contributed by atoms with E-state index < -0.39 is 5.41 Å². The zero-order valence-electron chi connectivity index (χ0n) is 14.2. The number of aromatic nitrogens is 3. The Balaban J connectivity index is 1.85. The Bertz CT molecular complexity index is 793. The molecule has 0 unspecified atom stereocenters. The molecule has 0 bridgehead atoms. The molecule has 2 aromatic heterocycles. The van der Waals surface area contributed by atoms with Crippen LogP contribution in [0.2, 0.25) is 0 Å². The zero-order chi connectivity index (χ0) is 17.3. The molecule has 1 aliphatic rings. The Hall–Kier alpha value is -2.50. The number of H-pyrrole nitrogens is 1. The summed E-state index contributed by atoms with van der Waals surface area (Å²) in [4.78, 5) is 37.9. The summed E-state index contributed by atoms with van der Waals surface area (Å²) in [7, 11) is 0. The summed E-state index contributed by atoms with van der Waals surface area (Å²) in [6, 6.07) is 7.01. The molecule has 1 fully saturated rings. The van der Waals surface area contributed by atoms with Gasteiger partial charge in [-0.05, 0) is 18.6 Å². The number of pyridine rings is 1. The van der Waals surface area contributed by atoms with Gasteiger partial charge in [0.05, 0.1) is 5.69 Å². The fourth-order valence-electron chi connectivity index (χ4n) is 2.97. The molecular weight excluding hydrogens is 304 g/mol. The van der Waals surface area contributed by atoms with Crippen LogP contribution in [0.1, 0.15) is 38.8 Å². The molecule has 6 nitrogen and oxygen atoms in total. The summed E-state index contributed by atoms with van der Waals surface area (Å²) in [5, 5.41) is 0. The summed E-state index contributed by atoms with van der Waals surface area (Å²) in [6.07, 6.45) is 2.49. The van der Waals surface area contributed by atoms with Gasteiger partial charge in [-0.15, -0.1) is 0 Å². The second-order valence-corrected chi connectivity index (χ2v) is 7.22. The van der Waals surface area contributed by atoms with Crippen LogP contribution in [0.5, 0.6) is 0 Å². The highest BCUT2D eigenvalue weighted by Crippen LogP contribution is 2.29. The molecule has 24 heavy (non-hydrogen) atoms. The molecule has 6 heteroatoms. The SMILES string of the molecule is CC(C)(C)C(=O)N1CC[C@H](c2cc(=O)[nH]c(-c3ccccn3)n2)C1. The third-order valence-corrected chi connectivity index (χ3v) is 4.20. The molecule has 1 aliphatic heterocycles. The molecule has 3 rings (SSSR count). The Kier molecular flexibility index (Phi) is 4.22. The molecular formula is C18H22N4O2. The van der Waals surface area contributed by atoms with Crippen molar-refractivity contribution in [2.45, 2.75) is 33.1 Å². The van der Waals surface area contributed by atoms with Crippen molar-refractivity contribution in [1.82, 2.24) is 19.9 Å². The monoisotopic (exact) mass is 326 g/mol. The Morgan fingerprint density at radius 2 is 2.12 bits per heavy atom. The molecule has 0 aromatic carbocycles. The maximum absolute atomic E-state index is 12.4. The average molecular weight is 326 g/mol. The van der Waals surface area contributed by atoms with Crippen molar-refractivity contribution < 1.29 is 4.79 Å². The van der Waals surface area contributed by atoms with E-state index >= 15 is 0 Å². The third kappa shape index (κ3) is 3.37. The molecule has 1 saturated heterocycles. The fraction of sp³-hybridized carbons (Fsp3) is 0.444. The molecule has 126 valence electrons. The number of rotatable bonds is 2. The minimum Gasteiger partial charge on any atom is -0.342 e. The minimum atomic E-state index is -0.393. The fourth-order valence-corrected chi connectivity index (χ4v) is 2.97. The molecule has 0 saturated carbocycles. The van der Waals surface area contributed by atoms with E-state index in [1.165, 1.54) is 6.07 Å². The Morgan fingerprint density at radius 1 is 1.33 bits per heavy atom. The third-order valence-electron chi connectivity index (χ3n) is 4.20. The molecule has 3 heterocycles. The maximum Gasteiger partial charge on any atom is 0.251 e. The van der Waals surface area contributed by atoms with Crippen LogP contribution >= 0.6 is 0 Å². The van der Waals surface area contributed by atoms with Gasteiger partial charge >= 0.3 is 0 Å². The Labute approximate surface area is 141 Å². The summed E-state index contributed by atoms with van der Waals surface area (Å²) in [5.41, 5.74) is 0.775. The van der Waals surface area contributed by atoms with Crippen LogP contribution in [0.25, 0.3) is 11.5 Å². The maximum atomic E-state index is 12.4. The lowest BCUT2D eigenvalue weighted by molar-refractivity contribution is -0.138. The van der Waals surface area contributed by atoms with Gasteiger partial charge in [0.2, 0.25) is 5.91 Å². The summed E-state index contributed by atoms with van der Waals surface area (Å²) in [6.45, 7) is 7.08. The van der Waals surface area contributed by atoms with E-state index in [9.17, 15) is 9.59 Å². The van der Waals surface area contributed by atoms with Gasteiger partial charge in [0.1, 0.15) is 5.69 Å². The minimum absolute atomic E-state index is 0.0843. The van der Waals surface area contributed by atoms with Crippen LogP contribution in [-0.4, -0.2) is 38.8 Å². The van der Waals surface area contributed by atoms with Crippen molar-refractivity contribution in [3.05, 3.63) is 46.5 Å². The highest BCUT2D eigenvalue weighted by atomic mass is 16.2. The van der Waals surface area contributed by atoms with E-state index in [0.717, 1.165) is 12.1 Å². The first-order valence-electron chi connectivity index (χ1n) is 8.16. The number of aromatic amines is 1. The standard InChI is InChI=1S/C18H22N4O2/c1-18(2,3)17(24)22-9-7-12(11-22)14-10-15(23)21-16(20-14)13-6-4-5-8-19-13/h4-6,8,10,12H,7,9,11H2,1-3H3,(H,20,21,23)/t12-/m0/s1. The number of amides is 1. The van der Waals surface area contributed by atoms with Gasteiger partial charge in [0.25, 0.3) is 5.56 Å². The van der Waals surface area contributed by atoms with E-state index in [4.69, 9.17) is 0 Å². The van der Waals surface area contributed by atoms with Crippen molar-refractivity contribution in [3.63, 3.8) is 0 Å². The predicted octanol–water partition coefficient (Wildman–Crippen LogP) is 2.19. The second-order valence-electron chi connectivity index (χ2n) is 7.22. The van der Waals surface area contributed by atoms with E-state index in [0.29, 0.717) is 24.6 Å². The molecule has 0 radical (unpaired) electrons. The van der Waals surface area contributed by atoms with Crippen LogP contribution in [0.15, 0.2) is 35.3 Å². The van der Waals surface area contributed by atoms with Crippen molar-refractivity contribution in [2.24, 2.45) is 5.41 Å². The average Bonchev–Trinajstić information content (AvgIpc) is 3.03. The van der Waals surface area contributed by atoms with Crippen molar-refractivity contribution in [3.8, 4) is 11.5 Å². The van der Waals surface area contributed by atoms with Crippen molar-refractivity contribution in [1.29, 1.82) is 0 Å². The summed E-state index contributed by atoms with van der Waals surface area (Å²) in [5.74, 6) is 0.694. The summed E-state index contributed by atoms with van der Waals surface area (Å²) < 4.78 is 0. The van der Waals surface area contributed by atoms with Gasteiger partial charge in [0.15, 0.2) is 5.82 Å². The van der Waals surface area contributed by atoms with Crippen LogP contribution in [0, 0.1) is 5.41 Å². The van der Waals surface area contributed by atoms with Crippen LogP contribution < -0.4 is 5.56 Å². The highest BCUT2D eigenvalue weighted by molar-refractivity contribution is 5.81. The van der Waals surface area contributed by atoms with Gasteiger partial charge in [-0.2, -0.15) is 0 Å². The van der Waals surface area contributed by atoms with E-state index in [-0.39, 0.29) is 17.4 Å². The van der Waals surface area contributed by atoms with Gasteiger partial charge < -0.3 is 9.88 Å². The topological polar surface area (TPSA) is 79.0 Å². The van der Waals surface area contributed by atoms with Crippen LogP contribution in [0.4, 0.5) is 0 Å². The van der Waals surface area contributed by atoms with E-state index in [2.05, 4.69) is 15.0 Å². The first kappa shape index (κ1) is 16.4. The molecule has 0 spiro atoms. The molecule has 0 aliphatic carbocycles. The van der Waals surface area contributed by atoms with E-state index in [1.54, 1.807) is 6.20 Å². The van der Waals surface area contributed by atoms with Crippen molar-refractivity contribution >= 4 is 5.91 Å². The number of likely N-dealkylation sites (tertiary alicyclic amines) is 1. The molecule has 2 aromatic rings. The number of carbonyl (C=O) groups excluding carboxylic acids is 1. The number of hydrogen-bond donors (Lipinski definition) is 1. The smallest absolute Gasteiger partial charge is 0.251 e. The molecule has 1 atom stereocenters. The van der Waals surface area contributed by atoms with Crippen molar-refractivity contribution in [2.75, 3.05) is 13.1 Å². The van der Waals surface area contributed by atoms with E-state index in [1.807, 2.05) is 43.9 Å². The van der Waals surface area contributed by atoms with Gasteiger partial charge in [0, 0.05) is 36.7 Å². The molecule has 1 N–H and O–H groups in total.